The van der Waals surface area contributed by atoms with Gasteiger partial charge in [0.2, 0.25) is 0 Å². The van der Waals surface area contributed by atoms with Crippen molar-refractivity contribution in [2.75, 3.05) is 49.6 Å². The number of urea groups is 1. The highest BCUT2D eigenvalue weighted by Gasteiger charge is 2.23. The zero-order chi connectivity index (χ0) is 17.6. The first-order chi connectivity index (χ1) is 12.1. The van der Waals surface area contributed by atoms with Gasteiger partial charge >= 0.3 is 18.2 Å². The molecule has 2 N–H and O–H groups in total. The molecule has 134 valence electrons. The predicted octanol–water partition coefficient (Wildman–Crippen LogP) is 1.61. The second kappa shape index (κ2) is 7.73. The highest BCUT2D eigenvalue weighted by atomic mass is 16.6. The molecular formula is C16H20N4O5. The van der Waals surface area contributed by atoms with Crippen LogP contribution in [0.3, 0.4) is 0 Å². The maximum Gasteiger partial charge on any atom is 0.414 e. The Morgan fingerprint density at radius 2 is 1.96 bits per heavy atom. The van der Waals surface area contributed by atoms with E-state index in [4.69, 9.17) is 9.47 Å². The number of anilines is 2. The van der Waals surface area contributed by atoms with Crippen LogP contribution in [0.1, 0.15) is 6.42 Å². The summed E-state index contributed by atoms with van der Waals surface area (Å²) < 4.78 is 9.84. The Kier molecular flexibility index (Phi) is 5.22. The Hall–Kier alpha value is -2.97. The quantitative estimate of drug-likeness (QED) is 0.842. The summed E-state index contributed by atoms with van der Waals surface area (Å²) in [5.41, 5.74) is 1.23. The summed E-state index contributed by atoms with van der Waals surface area (Å²) in [4.78, 5) is 38.1. The molecule has 2 heterocycles. The number of ether oxygens (including phenoxy) is 2. The van der Waals surface area contributed by atoms with Crippen molar-refractivity contribution in [1.82, 2.24) is 10.2 Å². The van der Waals surface area contributed by atoms with Crippen LogP contribution in [0.25, 0.3) is 0 Å². The molecule has 1 aromatic carbocycles. The molecule has 3 rings (SSSR count). The Balaban J connectivity index is 1.47. The van der Waals surface area contributed by atoms with Gasteiger partial charge in [-0.25, -0.2) is 14.4 Å². The van der Waals surface area contributed by atoms with Gasteiger partial charge in [-0.3, -0.25) is 4.90 Å². The minimum Gasteiger partial charge on any atom is -0.449 e. The van der Waals surface area contributed by atoms with Crippen molar-refractivity contribution < 1.29 is 23.9 Å². The number of carbonyl (C=O) groups excluding carboxylic acids is 3. The molecule has 0 saturated carbocycles. The van der Waals surface area contributed by atoms with Crippen molar-refractivity contribution in [3.8, 4) is 0 Å². The number of carbonyl (C=O) groups is 3. The zero-order valence-electron chi connectivity index (χ0n) is 13.7. The third-order valence-corrected chi connectivity index (χ3v) is 3.90. The summed E-state index contributed by atoms with van der Waals surface area (Å²) in [5, 5.41) is 5.40. The van der Waals surface area contributed by atoms with Gasteiger partial charge in [0.25, 0.3) is 0 Å². The van der Waals surface area contributed by atoms with Gasteiger partial charge in [-0.1, -0.05) is 6.07 Å². The van der Waals surface area contributed by atoms with E-state index in [0.717, 1.165) is 6.42 Å². The van der Waals surface area contributed by atoms with Crippen LogP contribution in [-0.4, -0.2) is 62.5 Å². The fourth-order valence-corrected chi connectivity index (χ4v) is 2.66. The van der Waals surface area contributed by atoms with Gasteiger partial charge in [0, 0.05) is 31.0 Å². The van der Waals surface area contributed by atoms with Crippen molar-refractivity contribution >= 4 is 29.6 Å². The molecule has 0 atom stereocenters. The van der Waals surface area contributed by atoms with Crippen molar-refractivity contribution in [2.24, 2.45) is 0 Å². The molecule has 9 nitrogen and oxygen atoms in total. The number of amides is 4. The van der Waals surface area contributed by atoms with E-state index in [2.05, 4.69) is 10.6 Å². The molecule has 0 bridgehead atoms. The van der Waals surface area contributed by atoms with Gasteiger partial charge in [-0.05, 0) is 24.6 Å². The Bertz CT molecular complexity index is 666. The third-order valence-electron chi connectivity index (χ3n) is 3.90. The van der Waals surface area contributed by atoms with Gasteiger partial charge in [0.15, 0.2) is 0 Å². The maximum atomic E-state index is 12.0. The number of benzene rings is 1. The molecule has 0 aromatic heterocycles. The van der Waals surface area contributed by atoms with E-state index >= 15 is 0 Å². The molecule has 1 aromatic rings. The molecule has 0 unspecified atom stereocenters. The number of hydrogen-bond donors (Lipinski definition) is 2. The second-order valence-corrected chi connectivity index (χ2v) is 5.65. The number of cyclic esters (lactones) is 2. The minimum atomic E-state index is -0.394. The lowest BCUT2D eigenvalue weighted by Crippen LogP contribution is -2.43. The van der Waals surface area contributed by atoms with E-state index in [9.17, 15) is 14.4 Å². The standard InChI is InChI=1S/C16H20N4O5/c21-14(17-5-7-19-6-2-9-24-15(19)22)18-12-3-1-4-13(11-12)20-8-10-25-16(20)23/h1,3-4,11H,2,5-10H2,(H2,17,18,21). The summed E-state index contributed by atoms with van der Waals surface area (Å²) in [6.07, 6.45) is 0.0533. The summed E-state index contributed by atoms with van der Waals surface area (Å²) in [5.74, 6) is 0. The van der Waals surface area contributed by atoms with Gasteiger partial charge in [-0.2, -0.15) is 0 Å². The molecule has 0 aliphatic carbocycles. The van der Waals surface area contributed by atoms with Crippen LogP contribution in [0, 0.1) is 0 Å². The average molecular weight is 348 g/mol. The zero-order valence-corrected chi connectivity index (χ0v) is 13.7. The average Bonchev–Trinajstić information content (AvgIpc) is 3.03. The Morgan fingerprint density at radius 1 is 1.12 bits per heavy atom. The van der Waals surface area contributed by atoms with Crippen molar-refractivity contribution in [1.29, 1.82) is 0 Å². The minimum absolute atomic E-state index is 0.319. The fraction of sp³-hybridized carbons (Fsp3) is 0.438. The van der Waals surface area contributed by atoms with Crippen LogP contribution < -0.4 is 15.5 Å². The third kappa shape index (κ3) is 4.31. The van der Waals surface area contributed by atoms with Crippen LogP contribution in [0.5, 0.6) is 0 Å². The number of rotatable bonds is 5. The van der Waals surface area contributed by atoms with E-state index in [1.807, 2.05) is 0 Å². The number of hydrogen-bond acceptors (Lipinski definition) is 5. The Morgan fingerprint density at radius 3 is 2.72 bits per heavy atom. The summed E-state index contributed by atoms with van der Waals surface area (Å²) >= 11 is 0. The predicted molar refractivity (Wildman–Crippen MR) is 89.7 cm³/mol. The lowest BCUT2D eigenvalue weighted by Gasteiger charge is -2.26. The lowest BCUT2D eigenvalue weighted by molar-refractivity contribution is 0.0735. The summed E-state index contributed by atoms with van der Waals surface area (Å²) in [6, 6.07) is 6.57. The fourth-order valence-electron chi connectivity index (χ4n) is 2.66. The van der Waals surface area contributed by atoms with Gasteiger partial charge in [0.05, 0.1) is 13.2 Å². The van der Waals surface area contributed by atoms with Crippen LogP contribution in [0.15, 0.2) is 24.3 Å². The first-order valence-corrected chi connectivity index (χ1v) is 8.14. The van der Waals surface area contributed by atoms with Crippen molar-refractivity contribution in [2.45, 2.75) is 6.42 Å². The van der Waals surface area contributed by atoms with E-state index in [-0.39, 0.29) is 12.1 Å². The first kappa shape index (κ1) is 16.9. The van der Waals surface area contributed by atoms with Crippen molar-refractivity contribution in [3.63, 3.8) is 0 Å². The molecule has 2 aliphatic rings. The van der Waals surface area contributed by atoms with Gasteiger partial charge < -0.3 is 25.0 Å². The second-order valence-electron chi connectivity index (χ2n) is 5.65. The molecule has 25 heavy (non-hydrogen) atoms. The summed E-state index contributed by atoms with van der Waals surface area (Å²) in [6.45, 7) is 2.64. The van der Waals surface area contributed by atoms with E-state index in [1.54, 1.807) is 29.2 Å². The molecule has 9 heteroatoms. The van der Waals surface area contributed by atoms with Gasteiger partial charge in [0.1, 0.15) is 6.61 Å². The number of nitrogens with zero attached hydrogens (tertiary/aromatic N) is 2. The normalized spacial score (nSPS) is 17.1. The van der Waals surface area contributed by atoms with Crippen LogP contribution in [-0.2, 0) is 9.47 Å². The van der Waals surface area contributed by atoms with Crippen LogP contribution in [0.4, 0.5) is 25.8 Å². The van der Waals surface area contributed by atoms with Crippen LogP contribution in [0.2, 0.25) is 0 Å². The van der Waals surface area contributed by atoms with E-state index in [1.165, 1.54) is 4.90 Å². The lowest BCUT2D eigenvalue weighted by atomic mass is 10.2. The molecule has 0 radical (unpaired) electrons. The molecule has 4 amide bonds. The van der Waals surface area contributed by atoms with E-state index < -0.39 is 6.09 Å². The van der Waals surface area contributed by atoms with Gasteiger partial charge in [-0.15, -0.1) is 0 Å². The Labute approximate surface area is 144 Å². The summed E-state index contributed by atoms with van der Waals surface area (Å²) in [7, 11) is 0. The SMILES string of the molecule is O=C(NCCN1CCCOC1=O)Nc1cccc(N2CCOC2=O)c1. The number of nitrogens with one attached hydrogen (secondary N) is 2. The highest BCUT2D eigenvalue weighted by Crippen LogP contribution is 2.22. The molecule has 0 spiro atoms. The smallest absolute Gasteiger partial charge is 0.414 e. The molecule has 2 fully saturated rings. The van der Waals surface area contributed by atoms with Crippen molar-refractivity contribution in [3.05, 3.63) is 24.3 Å². The largest absolute Gasteiger partial charge is 0.449 e. The first-order valence-electron chi connectivity index (χ1n) is 8.14. The van der Waals surface area contributed by atoms with Crippen LogP contribution >= 0.6 is 0 Å². The monoisotopic (exact) mass is 348 g/mol. The molecule has 2 saturated heterocycles. The topological polar surface area (TPSA) is 100 Å². The van der Waals surface area contributed by atoms with E-state index in [0.29, 0.717) is 50.8 Å². The molecular weight excluding hydrogens is 328 g/mol. The maximum absolute atomic E-state index is 12.0. The highest BCUT2D eigenvalue weighted by molar-refractivity contribution is 5.93. The molecule has 2 aliphatic heterocycles.